The van der Waals surface area contributed by atoms with Gasteiger partial charge in [-0.2, -0.15) is 5.10 Å². The Morgan fingerprint density at radius 3 is 2.38 bits per heavy atom. The van der Waals surface area contributed by atoms with Gasteiger partial charge in [-0.15, -0.1) is 0 Å². The summed E-state index contributed by atoms with van der Waals surface area (Å²) in [5, 5.41) is 5.16. The molecule has 0 aromatic carbocycles. The topological polar surface area (TPSA) is 43.9 Å². The summed E-state index contributed by atoms with van der Waals surface area (Å²) in [6.07, 6.45) is 4.50. The molecule has 0 bridgehead atoms. The highest BCUT2D eigenvalue weighted by molar-refractivity contribution is 6.30. The fourth-order valence-electron chi connectivity index (χ4n) is 2.22. The van der Waals surface area contributed by atoms with E-state index in [0.717, 1.165) is 29.4 Å². The van der Waals surface area contributed by atoms with Crippen LogP contribution in [0.4, 0.5) is 0 Å². The molecule has 0 spiro atoms. The van der Waals surface area contributed by atoms with Crippen LogP contribution in [0.2, 0.25) is 5.15 Å². The molecule has 0 saturated carbocycles. The number of hydrogen-bond donors (Lipinski definition) is 0. The number of aromatic nitrogens is 3. The molecule has 5 heteroatoms. The van der Waals surface area contributed by atoms with Crippen LogP contribution in [0.15, 0.2) is 16.9 Å². The molecule has 2 aromatic rings. The molecule has 0 fully saturated rings. The van der Waals surface area contributed by atoms with Crippen LogP contribution in [0.3, 0.4) is 0 Å². The first kappa shape index (κ1) is 16.1. The van der Waals surface area contributed by atoms with Crippen LogP contribution in [-0.2, 0) is 17.4 Å². The Kier molecular flexibility index (Phi) is 4.20. The van der Waals surface area contributed by atoms with Gasteiger partial charge in [0.1, 0.15) is 11.4 Å². The standard InChI is InChI=1S/C16H24ClN3O/c1-11-19-13(10-21-11)16(5,6)7-8-20-14(17)12(9-18-20)15(2,3)4/h9-10H,7-8H2,1-6H3. The average Bonchev–Trinajstić information content (AvgIpc) is 2.93. The van der Waals surface area contributed by atoms with E-state index in [-0.39, 0.29) is 10.8 Å². The highest BCUT2D eigenvalue weighted by atomic mass is 35.5. The van der Waals surface area contributed by atoms with Gasteiger partial charge in [0.2, 0.25) is 0 Å². The van der Waals surface area contributed by atoms with E-state index in [2.05, 4.69) is 44.7 Å². The lowest BCUT2D eigenvalue weighted by Crippen LogP contribution is -2.21. The lowest BCUT2D eigenvalue weighted by molar-refractivity contribution is 0.410. The van der Waals surface area contributed by atoms with Crippen LogP contribution in [0, 0.1) is 6.92 Å². The Morgan fingerprint density at radius 2 is 1.90 bits per heavy atom. The fraction of sp³-hybridized carbons (Fsp3) is 0.625. The SMILES string of the molecule is Cc1nc(C(C)(C)CCn2ncc(C(C)(C)C)c2Cl)co1. The zero-order valence-electron chi connectivity index (χ0n) is 13.7. The Morgan fingerprint density at radius 1 is 1.24 bits per heavy atom. The number of aryl methyl sites for hydroxylation is 2. The minimum Gasteiger partial charge on any atom is -0.449 e. The molecule has 0 aliphatic rings. The Bertz CT molecular complexity index is 620. The van der Waals surface area contributed by atoms with Crippen molar-refractivity contribution >= 4 is 11.6 Å². The van der Waals surface area contributed by atoms with E-state index >= 15 is 0 Å². The molecular formula is C16H24ClN3O. The molecule has 0 atom stereocenters. The zero-order chi connectivity index (χ0) is 15.8. The third-order valence-corrected chi connectivity index (χ3v) is 4.24. The maximum Gasteiger partial charge on any atom is 0.191 e. The predicted octanol–water partition coefficient (Wildman–Crippen LogP) is 4.50. The number of rotatable bonds is 4. The van der Waals surface area contributed by atoms with Gasteiger partial charge < -0.3 is 4.42 Å². The lowest BCUT2D eigenvalue weighted by Gasteiger charge is -2.22. The molecule has 21 heavy (non-hydrogen) atoms. The van der Waals surface area contributed by atoms with Crippen LogP contribution in [0.1, 0.15) is 58.2 Å². The molecule has 0 radical (unpaired) electrons. The lowest BCUT2D eigenvalue weighted by atomic mass is 9.86. The zero-order valence-corrected chi connectivity index (χ0v) is 14.5. The summed E-state index contributed by atoms with van der Waals surface area (Å²) >= 11 is 6.45. The van der Waals surface area contributed by atoms with Crippen molar-refractivity contribution in [3.63, 3.8) is 0 Å². The third kappa shape index (κ3) is 3.49. The molecule has 0 aliphatic carbocycles. The smallest absolute Gasteiger partial charge is 0.191 e. The summed E-state index contributed by atoms with van der Waals surface area (Å²) in [6, 6.07) is 0. The van der Waals surface area contributed by atoms with E-state index < -0.39 is 0 Å². The average molecular weight is 310 g/mol. The Labute approximate surface area is 131 Å². The first-order valence-corrected chi connectivity index (χ1v) is 7.63. The second kappa shape index (κ2) is 5.48. The molecule has 0 amide bonds. The summed E-state index contributed by atoms with van der Waals surface area (Å²) in [5.41, 5.74) is 1.99. The van der Waals surface area contributed by atoms with E-state index in [0.29, 0.717) is 5.89 Å². The van der Waals surface area contributed by atoms with Crippen molar-refractivity contribution in [2.45, 2.75) is 65.3 Å². The van der Waals surface area contributed by atoms with Gasteiger partial charge in [0.15, 0.2) is 5.89 Å². The van der Waals surface area contributed by atoms with Crippen molar-refractivity contribution in [2.75, 3.05) is 0 Å². The first-order chi connectivity index (χ1) is 9.61. The maximum atomic E-state index is 6.45. The van der Waals surface area contributed by atoms with Gasteiger partial charge in [-0.05, 0) is 11.8 Å². The van der Waals surface area contributed by atoms with Crippen LogP contribution < -0.4 is 0 Å². The van der Waals surface area contributed by atoms with Crippen LogP contribution >= 0.6 is 11.6 Å². The fourth-order valence-corrected chi connectivity index (χ4v) is 2.68. The van der Waals surface area contributed by atoms with Gasteiger partial charge in [0, 0.05) is 24.4 Å². The van der Waals surface area contributed by atoms with Gasteiger partial charge in [0.05, 0.1) is 11.9 Å². The molecule has 116 valence electrons. The second-order valence-corrected chi connectivity index (χ2v) is 7.57. The summed E-state index contributed by atoms with van der Waals surface area (Å²) in [7, 11) is 0. The molecule has 0 unspecified atom stereocenters. The van der Waals surface area contributed by atoms with Crippen LogP contribution in [0.25, 0.3) is 0 Å². The van der Waals surface area contributed by atoms with Crippen molar-refractivity contribution in [3.05, 3.63) is 34.8 Å². The van der Waals surface area contributed by atoms with E-state index in [1.165, 1.54) is 0 Å². The van der Waals surface area contributed by atoms with Crippen molar-refractivity contribution < 1.29 is 4.42 Å². The van der Waals surface area contributed by atoms with Gasteiger partial charge >= 0.3 is 0 Å². The van der Waals surface area contributed by atoms with Gasteiger partial charge in [-0.25, -0.2) is 4.98 Å². The molecule has 4 nitrogen and oxygen atoms in total. The van der Waals surface area contributed by atoms with Crippen molar-refractivity contribution in [1.29, 1.82) is 0 Å². The normalized spacial score (nSPS) is 12.9. The minimum atomic E-state index is -0.0745. The summed E-state index contributed by atoms with van der Waals surface area (Å²) in [5.74, 6) is 0.699. The predicted molar refractivity (Wildman–Crippen MR) is 84.8 cm³/mol. The molecule has 2 rings (SSSR count). The first-order valence-electron chi connectivity index (χ1n) is 7.25. The number of oxazole rings is 1. The van der Waals surface area contributed by atoms with Gasteiger partial charge in [-0.1, -0.05) is 46.2 Å². The maximum absolute atomic E-state index is 6.45. The van der Waals surface area contributed by atoms with Crippen molar-refractivity contribution in [2.24, 2.45) is 0 Å². The van der Waals surface area contributed by atoms with Crippen LogP contribution in [0.5, 0.6) is 0 Å². The highest BCUT2D eigenvalue weighted by Gasteiger charge is 2.26. The van der Waals surface area contributed by atoms with E-state index in [9.17, 15) is 0 Å². The van der Waals surface area contributed by atoms with Crippen LogP contribution in [-0.4, -0.2) is 14.8 Å². The monoisotopic (exact) mass is 309 g/mol. The Balaban J connectivity index is 2.12. The second-order valence-electron chi connectivity index (χ2n) is 7.21. The molecule has 2 aromatic heterocycles. The van der Waals surface area contributed by atoms with Crippen molar-refractivity contribution in [3.8, 4) is 0 Å². The Hall–Kier alpha value is -1.29. The summed E-state index contributed by atoms with van der Waals surface area (Å²) < 4.78 is 7.19. The molecule has 0 N–H and O–H groups in total. The summed E-state index contributed by atoms with van der Waals surface area (Å²) in [4.78, 5) is 4.43. The van der Waals surface area contributed by atoms with Crippen molar-refractivity contribution in [1.82, 2.24) is 14.8 Å². The largest absolute Gasteiger partial charge is 0.449 e. The molecule has 2 heterocycles. The summed E-state index contributed by atoms with van der Waals surface area (Å²) in [6.45, 7) is 13.4. The van der Waals surface area contributed by atoms with E-state index in [1.54, 1.807) is 6.26 Å². The third-order valence-electron chi connectivity index (χ3n) is 3.84. The van der Waals surface area contributed by atoms with E-state index in [1.807, 2.05) is 17.8 Å². The highest BCUT2D eigenvalue weighted by Crippen LogP contribution is 2.31. The van der Waals surface area contributed by atoms with E-state index in [4.69, 9.17) is 16.0 Å². The van der Waals surface area contributed by atoms with Gasteiger partial charge in [-0.3, -0.25) is 4.68 Å². The number of hydrogen-bond acceptors (Lipinski definition) is 3. The molecular weight excluding hydrogens is 286 g/mol. The number of nitrogens with zero attached hydrogens (tertiary/aromatic N) is 3. The molecule has 0 aliphatic heterocycles. The van der Waals surface area contributed by atoms with Gasteiger partial charge in [0.25, 0.3) is 0 Å². The number of halogens is 1. The quantitative estimate of drug-likeness (QED) is 0.835. The molecule has 0 saturated heterocycles. The minimum absolute atomic E-state index is 0.00801.